The summed E-state index contributed by atoms with van der Waals surface area (Å²) in [5.74, 6) is -0.283. The molecule has 0 spiro atoms. The molecule has 6 rings (SSSR count). The molecule has 2 aromatic carbocycles. The maximum Gasteiger partial charge on any atom is 0.411 e. The number of rotatable bonds is 7. The van der Waals surface area contributed by atoms with Crippen molar-refractivity contribution in [3.63, 3.8) is 0 Å². The SMILES string of the molecule is NC(=O)n1cc(N2CCN3CC[C@@H](C(=O)NCc4cccc(Cl)c4F)N3C2)c2ccc(NC(=O)OCC3CC3)cc21. The van der Waals surface area contributed by atoms with Gasteiger partial charge >= 0.3 is 12.1 Å². The standard InChI is InChI=1S/C28H31ClFN7O4/c29-21-3-1-2-18(25(21)30)13-32-26(38)22-8-9-35-11-10-34(16-37(22)35)24-14-36(27(31)39)23-12-19(6-7-20(23)24)33-28(40)41-15-17-4-5-17/h1-3,6-7,12,14,17,22H,4-5,8-11,13,15-16H2,(H2,31,39)(H,32,38)(H,33,40)/t22-/m0/s1. The summed E-state index contributed by atoms with van der Waals surface area (Å²) in [5, 5.41) is 10.5. The average Bonchev–Trinajstić information content (AvgIpc) is 3.57. The number of halogens is 2. The van der Waals surface area contributed by atoms with Crippen molar-refractivity contribution < 1.29 is 23.5 Å². The number of amides is 3. The van der Waals surface area contributed by atoms with E-state index < -0.39 is 24.0 Å². The molecule has 1 saturated carbocycles. The number of carbonyl (C=O) groups excluding carboxylic acids is 3. The quantitative estimate of drug-likeness (QED) is 0.387. The summed E-state index contributed by atoms with van der Waals surface area (Å²) < 4.78 is 20.9. The second-order valence-corrected chi connectivity index (χ2v) is 11.1. The molecule has 4 N–H and O–H groups in total. The number of hydrazine groups is 1. The summed E-state index contributed by atoms with van der Waals surface area (Å²) in [7, 11) is 0. The predicted octanol–water partition coefficient (Wildman–Crippen LogP) is 3.70. The van der Waals surface area contributed by atoms with Crippen LogP contribution in [-0.4, -0.2) is 71.6 Å². The number of primary amides is 1. The predicted molar refractivity (Wildman–Crippen MR) is 152 cm³/mol. The van der Waals surface area contributed by atoms with Gasteiger partial charge in [0.2, 0.25) is 5.91 Å². The van der Waals surface area contributed by atoms with Crippen LogP contribution in [0.5, 0.6) is 0 Å². The van der Waals surface area contributed by atoms with E-state index >= 15 is 0 Å². The number of anilines is 2. The molecule has 3 fully saturated rings. The summed E-state index contributed by atoms with van der Waals surface area (Å²) >= 11 is 5.88. The number of nitrogens with two attached hydrogens (primary N) is 1. The maximum atomic E-state index is 14.3. The van der Waals surface area contributed by atoms with E-state index in [2.05, 4.69) is 20.5 Å². The number of ether oxygens (including phenoxy) is 1. The molecular weight excluding hydrogens is 553 g/mol. The van der Waals surface area contributed by atoms with Crippen LogP contribution in [0.15, 0.2) is 42.6 Å². The Balaban J connectivity index is 1.17. The number of nitrogens with zero attached hydrogens (tertiary/aromatic N) is 4. The van der Waals surface area contributed by atoms with Gasteiger partial charge in [0.15, 0.2) is 0 Å². The monoisotopic (exact) mass is 583 g/mol. The van der Waals surface area contributed by atoms with Gasteiger partial charge in [-0.25, -0.2) is 24.0 Å². The lowest BCUT2D eigenvalue weighted by Crippen LogP contribution is -2.58. The Morgan fingerprint density at radius 2 is 1.93 bits per heavy atom. The van der Waals surface area contributed by atoms with E-state index in [9.17, 15) is 18.8 Å². The first kappa shape index (κ1) is 27.3. The molecule has 13 heteroatoms. The molecule has 1 atom stereocenters. The molecule has 1 aliphatic carbocycles. The minimum absolute atomic E-state index is 0.0157. The molecule has 3 amide bonds. The molecule has 11 nitrogen and oxygen atoms in total. The zero-order valence-corrected chi connectivity index (χ0v) is 23.1. The number of hydrogen-bond donors (Lipinski definition) is 3. The Kier molecular flexibility index (Phi) is 7.45. The Morgan fingerprint density at radius 3 is 2.71 bits per heavy atom. The third-order valence-electron chi connectivity index (χ3n) is 7.87. The first-order valence-corrected chi connectivity index (χ1v) is 14.0. The smallest absolute Gasteiger partial charge is 0.411 e. The molecule has 2 aliphatic heterocycles. The van der Waals surface area contributed by atoms with Gasteiger partial charge in [-0.2, -0.15) is 0 Å². The van der Waals surface area contributed by atoms with Crippen LogP contribution in [0.2, 0.25) is 5.02 Å². The number of hydrogen-bond acceptors (Lipinski definition) is 7. The summed E-state index contributed by atoms with van der Waals surface area (Å²) in [6, 6.07) is 8.91. The zero-order valence-electron chi connectivity index (χ0n) is 22.3. The van der Waals surface area contributed by atoms with E-state index in [-0.39, 0.29) is 17.5 Å². The lowest BCUT2D eigenvalue weighted by Gasteiger charge is -2.42. The van der Waals surface area contributed by atoms with Gasteiger partial charge in [0.1, 0.15) is 11.9 Å². The Hall–Kier alpha value is -3.87. The zero-order chi connectivity index (χ0) is 28.7. The Bertz CT molecular complexity index is 1510. The largest absolute Gasteiger partial charge is 0.449 e. The van der Waals surface area contributed by atoms with Crippen molar-refractivity contribution in [2.75, 3.05) is 43.1 Å². The summed E-state index contributed by atoms with van der Waals surface area (Å²) in [4.78, 5) is 39.8. The lowest BCUT2D eigenvalue weighted by molar-refractivity contribution is -0.131. The van der Waals surface area contributed by atoms with Crippen LogP contribution in [0.4, 0.5) is 25.4 Å². The third kappa shape index (κ3) is 5.67. The number of benzene rings is 2. The number of aromatic nitrogens is 1. The number of fused-ring (bicyclic) bond motifs is 2. The highest BCUT2D eigenvalue weighted by Gasteiger charge is 2.40. The second-order valence-electron chi connectivity index (χ2n) is 10.7. The minimum Gasteiger partial charge on any atom is -0.449 e. The summed E-state index contributed by atoms with van der Waals surface area (Å²) in [6.45, 7) is 2.93. The molecule has 0 bridgehead atoms. The van der Waals surface area contributed by atoms with E-state index in [1.165, 1.54) is 10.6 Å². The van der Waals surface area contributed by atoms with Gasteiger partial charge in [-0.05, 0) is 49.4 Å². The fraction of sp³-hybridized carbons (Fsp3) is 0.393. The Morgan fingerprint density at radius 1 is 1.10 bits per heavy atom. The number of nitrogens with one attached hydrogen (secondary N) is 2. The normalized spacial score (nSPS) is 19.3. The fourth-order valence-electron chi connectivity index (χ4n) is 5.46. The van der Waals surface area contributed by atoms with Crippen LogP contribution in [0.1, 0.15) is 24.8 Å². The van der Waals surface area contributed by atoms with E-state index in [0.29, 0.717) is 55.5 Å². The van der Waals surface area contributed by atoms with Crippen molar-refractivity contribution in [1.82, 2.24) is 19.9 Å². The van der Waals surface area contributed by atoms with Gasteiger partial charge in [-0.15, -0.1) is 0 Å². The molecule has 0 radical (unpaired) electrons. The van der Waals surface area contributed by atoms with E-state index in [4.69, 9.17) is 22.1 Å². The highest BCUT2D eigenvalue weighted by molar-refractivity contribution is 6.30. The molecule has 41 heavy (non-hydrogen) atoms. The van der Waals surface area contributed by atoms with Crippen molar-refractivity contribution in [2.24, 2.45) is 11.7 Å². The molecule has 1 aromatic heterocycles. The van der Waals surface area contributed by atoms with Crippen molar-refractivity contribution in [2.45, 2.75) is 31.8 Å². The molecule has 216 valence electrons. The van der Waals surface area contributed by atoms with Gasteiger partial charge in [-0.1, -0.05) is 23.7 Å². The summed E-state index contributed by atoms with van der Waals surface area (Å²) in [6.07, 6.45) is 3.93. The van der Waals surface area contributed by atoms with Gasteiger partial charge in [0.05, 0.1) is 29.5 Å². The topological polar surface area (TPSA) is 125 Å². The van der Waals surface area contributed by atoms with Crippen LogP contribution < -0.4 is 21.3 Å². The molecular formula is C28H31ClFN7O4. The van der Waals surface area contributed by atoms with Gasteiger partial charge in [0, 0.05) is 49.0 Å². The Labute approximate surface area is 240 Å². The molecule has 2 saturated heterocycles. The highest BCUT2D eigenvalue weighted by Crippen LogP contribution is 2.34. The lowest BCUT2D eigenvalue weighted by atomic mass is 10.1. The first-order valence-electron chi connectivity index (χ1n) is 13.6. The van der Waals surface area contributed by atoms with Gasteiger partial charge in [-0.3, -0.25) is 14.7 Å². The van der Waals surface area contributed by atoms with Crippen LogP contribution in [0.3, 0.4) is 0 Å². The number of carbonyl (C=O) groups is 3. The van der Waals surface area contributed by atoms with E-state index in [1.807, 2.05) is 11.1 Å². The van der Waals surface area contributed by atoms with Crippen molar-refractivity contribution >= 4 is 51.9 Å². The highest BCUT2D eigenvalue weighted by atomic mass is 35.5. The first-order chi connectivity index (χ1) is 19.8. The molecule has 0 unspecified atom stereocenters. The average molecular weight is 584 g/mol. The van der Waals surface area contributed by atoms with Crippen LogP contribution in [0.25, 0.3) is 10.9 Å². The maximum absolute atomic E-state index is 14.3. The van der Waals surface area contributed by atoms with Gasteiger partial charge in [0.25, 0.3) is 0 Å². The van der Waals surface area contributed by atoms with Crippen molar-refractivity contribution in [3.8, 4) is 0 Å². The van der Waals surface area contributed by atoms with E-state index in [0.717, 1.165) is 30.5 Å². The fourth-order valence-corrected chi connectivity index (χ4v) is 5.65. The summed E-state index contributed by atoms with van der Waals surface area (Å²) in [5.41, 5.74) is 7.85. The molecule has 3 aromatic rings. The van der Waals surface area contributed by atoms with Crippen molar-refractivity contribution in [1.29, 1.82) is 0 Å². The third-order valence-corrected chi connectivity index (χ3v) is 8.16. The molecule has 3 heterocycles. The van der Waals surface area contributed by atoms with Gasteiger partial charge < -0.3 is 20.7 Å². The molecule has 3 aliphatic rings. The van der Waals surface area contributed by atoms with Crippen molar-refractivity contribution in [3.05, 3.63) is 59.0 Å². The van der Waals surface area contributed by atoms with E-state index in [1.54, 1.807) is 30.5 Å². The second kappa shape index (κ2) is 11.2. The minimum atomic E-state index is -0.653. The van der Waals surface area contributed by atoms with Crippen LogP contribution >= 0.6 is 11.6 Å². The van der Waals surface area contributed by atoms with Crippen LogP contribution in [0, 0.1) is 11.7 Å². The van der Waals surface area contributed by atoms with Crippen LogP contribution in [-0.2, 0) is 16.1 Å².